The van der Waals surface area contributed by atoms with E-state index in [1.807, 2.05) is 14.1 Å². The fourth-order valence-electron chi connectivity index (χ4n) is 2.16. The van der Waals surface area contributed by atoms with Crippen molar-refractivity contribution in [1.29, 1.82) is 0 Å². The van der Waals surface area contributed by atoms with E-state index in [-0.39, 0.29) is 11.7 Å². The van der Waals surface area contributed by atoms with Gasteiger partial charge in [-0.15, -0.1) is 0 Å². The van der Waals surface area contributed by atoms with E-state index in [0.717, 1.165) is 18.4 Å². The number of hydrogen-bond acceptors (Lipinski definition) is 3. The maximum Gasteiger partial charge on any atom is 0.253 e. The topological polar surface area (TPSA) is 45.2 Å². The Hall–Kier alpha value is -2.01. The summed E-state index contributed by atoms with van der Waals surface area (Å²) in [6, 6.07) is 6.15. The molecule has 0 aliphatic heterocycles. The summed E-state index contributed by atoms with van der Waals surface area (Å²) < 4.78 is 13.2. The Labute approximate surface area is 124 Å². The molecule has 0 aliphatic rings. The molecule has 0 spiro atoms. The van der Waals surface area contributed by atoms with Crippen molar-refractivity contribution in [3.63, 3.8) is 0 Å². The van der Waals surface area contributed by atoms with E-state index in [1.165, 1.54) is 12.1 Å². The second-order valence-electron chi connectivity index (χ2n) is 5.37. The lowest BCUT2D eigenvalue weighted by Gasteiger charge is -2.11. The smallest absolute Gasteiger partial charge is 0.253 e. The van der Waals surface area contributed by atoms with E-state index in [2.05, 4.69) is 15.2 Å². The van der Waals surface area contributed by atoms with Crippen LogP contribution in [0.25, 0.3) is 10.9 Å². The van der Waals surface area contributed by atoms with Gasteiger partial charge in [0, 0.05) is 18.0 Å². The van der Waals surface area contributed by atoms with Crippen molar-refractivity contribution in [2.24, 2.45) is 0 Å². The number of carbonyl (C=O) groups is 1. The number of benzene rings is 1. The van der Waals surface area contributed by atoms with Crippen LogP contribution in [-0.4, -0.2) is 43.0 Å². The molecule has 1 heterocycles. The zero-order valence-electron chi connectivity index (χ0n) is 12.6. The molecular formula is C16H20FN3O. The number of nitrogens with zero attached hydrogens (tertiary/aromatic N) is 2. The van der Waals surface area contributed by atoms with Crippen molar-refractivity contribution in [3.8, 4) is 0 Å². The molecule has 21 heavy (non-hydrogen) atoms. The van der Waals surface area contributed by atoms with E-state index in [9.17, 15) is 9.18 Å². The van der Waals surface area contributed by atoms with E-state index in [1.54, 1.807) is 19.1 Å². The summed E-state index contributed by atoms with van der Waals surface area (Å²) in [5, 5.41) is 3.66. The highest BCUT2D eigenvalue weighted by atomic mass is 19.1. The number of nitrogens with one attached hydrogen (secondary N) is 1. The summed E-state index contributed by atoms with van der Waals surface area (Å²) in [4.78, 5) is 18.6. The zero-order valence-corrected chi connectivity index (χ0v) is 12.6. The molecule has 1 aromatic heterocycles. The summed E-state index contributed by atoms with van der Waals surface area (Å²) >= 11 is 0. The number of halogens is 1. The summed E-state index contributed by atoms with van der Waals surface area (Å²) in [7, 11) is 4.00. The summed E-state index contributed by atoms with van der Waals surface area (Å²) in [6.45, 7) is 3.31. The van der Waals surface area contributed by atoms with Gasteiger partial charge in [-0.3, -0.25) is 9.78 Å². The molecule has 2 rings (SSSR count). The van der Waals surface area contributed by atoms with Crippen molar-refractivity contribution in [2.45, 2.75) is 13.3 Å². The molecule has 1 N–H and O–H groups in total. The molecule has 1 aromatic carbocycles. The van der Waals surface area contributed by atoms with Crippen LogP contribution in [0, 0.1) is 12.7 Å². The standard InChI is InChI=1S/C16H20FN3O/c1-11-14(16(21)18-7-4-8-20(2)3)9-12-5-6-13(17)10-15(12)19-11/h5-6,9-10H,4,7-8H2,1-3H3,(H,18,21). The molecule has 0 saturated carbocycles. The first-order valence-corrected chi connectivity index (χ1v) is 6.97. The Morgan fingerprint density at radius 1 is 1.33 bits per heavy atom. The number of amides is 1. The second kappa shape index (κ2) is 6.63. The van der Waals surface area contributed by atoms with Crippen LogP contribution >= 0.6 is 0 Å². The number of aromatic nitrogens is 1. The van der Waals surface area contributed by atoms with Gasteiger partial charge in [0.25, 0.3) is 5.91 Å². The zero-order chi connectivity index (χ0) is 15.4. The predicted molar refractivity (Wildman–Crippen MR) is 81.9 cm³/mol. The molecule has 112 valence electrons. The first kappa shape index (κ1) is 15.4. The quantitative estimate of drug-likeness (QED) is 0.860. The molecule has 0 unspecified atom stereocenters. The molecule has 0 bridgehead atoms. The summed E-state index contributed by atoms with van der Waals surface area (Å²) in [6.07, 6.45) is 0.893. The molecule has 0 aliphatic carbocycles. The van der Waals surface area contributed by atoms with Gasteiger partial charge in [-0.05, 0) is 52.2 Å². The van der Waals surface area contributed by atoms with Crippen LogP contribution in [0.1, 0.15) is 22.5 Å². The van der Waals surface area contributed by atoms with Gasteiger partial charge in [0.15, 0.2) is 0 Å². The van der Waals surface area contributed by atoms with Crippen LogP contribution in [0.5, 0.6) is 0 Å². The fraction of sp³-hybridized carbons (Fsp3) is 0.375. The van der Waals surface area contributed by atoms with Gasteiger partial charge in [0.2, 0.25) is 0 Å². The fourth-order valence-corrected chi connectivity index (χ4v) is 2.16. The molecule has 0 atom stereocenters. The number of aryl methyl sites for hydroxylation is 1. The average molecular weight is 289 g/mol. The van der Waals surface area contributed by atoms with Crippen LogP contribution < -0.4 is 5.32 Å². The minimum Gasteiger partial charge on any atom is -0.352 e. The number of pyridine rings is 1. The summed E-state index contributed by atoms with van der Waals surface area (Å²) in [5.41, 5.74) is 1.72. The number of rotatable bonds is 5. The Kier molecular flexibility index (Phi) is 4.85. The van der Waals surface area contributed by atoms with Crippen molar-refractivity contribution < 1.29 is 9.18 Å². The van der Waals surface area contributed by atoms with Crippen LogP contribution in [0.15, 0.2) is 24.3 Å². The van der Waals surface area contributed by atoms with E-state index >= 15 is 0 Å². The lowest BCUT2D eigenvalue weighted by atomic mass is 10.1. The van der Waals surface area contributed by atoms with E-state index in [0.29, 0.717) is 23.3 Å². The van der Waals surface area contributed by atoms with Crippen LogP contribution in [0.2, 0.25) is 0 Å². The largest absolute Gasteiger partial charge is 0.352 e. The van der Waals surface area contributed by atoms with Crippen molar-refractivity contribution in [3.05, 3.63) is 41.3 Å². The van der Waals surface area contributed by atoms with Gasteiger partial charge in [-0.2, -0.15) is 0 Å². The maximum atomic E-state index is 13.2. The summed E-state index contributed by atoms with van der Waals surface area (Å²) in [5.74, 6) is -0.458. The van der Waals surface area contributed by atoms with Crippen molar-refractivity contribution >= 4 is 16.8 Å². The second-order valence-corrected chi connectivity index (χ2v) is 5.37. The SMILES string of the molecule is Cc1nc2cc(F)ccc2cc1C(=O)NCCCN(C)C. The average Bonchev–Trinajstić information content (AvgIpc) is 2.42. The van der Waals surface area contributed by atoms with Gasteiger partial charge in [0.05, 0.1) is 16.8 Å². The van der Waals surface area contributed by atoms with Gasteiger partial charge in [-0.1, -0.05) is 0 Å². The third kappa shape index (κ3) is 3.98. The number of carbonyl (C=O) groups excluding carboxylic acids is 1. The minimum atomic E-state index is -0.324. The van der Waals surface area contributed by atoms with Crippen LogP contribution in [-0.2, 0) is 0 Å². The van der Waals surface area contributed by atoms with Gasteiger partial charge in [-0.25, -0.2) is 4.39 Å². The molecule has 2 aromatic rings. The molecular weight excluding hydrogens is 269 g/mol. The van der Waals surface area contributed by atoms with E-state index < -0.39 is 0 Å². The molecule has 1 amide bonds. The van der Waals surface area contributed by atoms with Gasteiger partial charge in [0.1, 0.15) is 5.82 Å². The predicted octanol–water partition coefficient (Wildman–Crippen LogP) is 2.36. The normalized spacial score (nSPS) is 11.1. The maximum absolute atomic E-state index is 13.2. The third-order valence-corrected chi connectivity index (χ3v) is 3.28. The Morgan fingerprint density at radius 2 is 2.10 bits per heavy atom. The van der Waals surface area contributed by atoms with Gasteiger partial charge < -0.3 is 10.2 Å². The first-order chi connectivity index (χ1) is 9.97. The molecule has 0 radical (unpaired) electrons. The Morgan fingerprint density at radius 3 is 2.81 bits per heavy atom. The highest BCUT2D eigenvalue weighted by Gasteiger charge is 2.11. The molecule has 0 saturated heterocycles. The van der Waals surface area contributed by atoms with Crippen molar-refractivity contribution in [2.75, 3.05) is 27.2 Å². The van der Waals surface area contributed by atoms with Crippen LogP contribution in [0.4, 0.5) is 4.39 Å². The first-order valence-electron chi connectivity index (χ1n) is 6.97. The Balaban J connectivity index is 2.12. The monoisotopic (exact) mass is 289 g/mol. The lowest BCUT2D eigenvalue weighted by Crippen LogP contribution is -2.27. The minimum absolute atomic E-state index is 0.134. The molecule has 0 fully saturated rings. The number of fused-ring (bicyclic) bond motifs is 1. The third-order valence-electron chi connectivity index (χ3n) is 3.28. The lowest BCUT2D eigenvalue weighted by molar-refractivity contribution is 0.0951. The van der Waals surface area contributed by atoms with Crippen LogP contribution in [0.3, 0.4) is 0 Å². The molecule has 4 nitrogen and oxygen atoms in total. The van der Waals surface area contributed by atoms with Gasteiger partial charge >= 0.3 is 0 Å². The highest BCUT2D eigenvalue weighted by molar-refractivity contribution is 5.98. The number of hydrogen-bond donors (Lipinski definition) is 1. The van der Waals surface area contributed by atoms with E-state index in [4.69, 9.17) is 0 Å². The Bertz CT molecular complexity index is 655. The molecule has 5 heteroatoms. The highest BCUT2D eigenvalue weighted by Crippen LogP contribution is 2.17. The van der Waals surface area contributed by atoms with Crippen molar-refractivity contribution in [1.82, 2.24) is 15.2 Å².